The van der Waals surface area contributed by atoms with Crippen molar-refractivity contribution in [2.24, 2.45) is 0 Å². The van der Waals surface area contributed by atoms with E-state index in [1.54, 1.807) is 0 Å². The van der Waals surface area contributed by atoms with Gasteiger partial charge in [-0.2, -0.15) is 0 Å². The first-order chi connectivity index (χ1) is 11.5. The van der Waals surface area contributed by atoms with Gasteiger partial charge in [0, 0.05) is 5.60 Å². The molecule has 0 N–H and O–H groups in total. The summed E-state index contributed by atoms with van der Waals surface area (Å²) in [5.74, 6) is 0. The van der Waals surface area contributed by atoms with Crippen LogP contribution in [0, 0.1) is 0 Å². The summed E-state index contributed by atoms with van der Waals surface area (Å²) >= 11 is 0. The Bertz CT molecular complexity index is 1010. The van der Waals surface area contributed by atoms with E-state index in [0.717, 1.165) is 0 Å². The highest BCUT2D eigenvalue weighted by Crippen LogP contribution is 2.34. The molecule has 0 saturated heterocycles. The zero-order valence-corrected chi connectivity index (χ0v) is 15.9. The van der Waals surface area contributed by atoms with Gasteiger partial charge in [-0.15, -0.1) is 0 Å². The lowest BCUT2D eigenvalue weighted by Crippen LogP contribution is -2.28. The average Bonchev–Trinajstić information content (AvgIpc) is 2.59. The molecule has 0 aliphatic carbocycles. The van der Waals surface area contributed by atoms with Crippen LogP contribution < -0.4 is 5.19 Å². The maximum absolute atomic E-state index is 6.10. The average molecular weight is 331 g/mol. The van der Waals surface area contributed by atoms with Crippen LogP contribution in [0.1, 0.15) is 20.8 Å². The molecule has 1 nitrogen and oxygen atoms in total. The van der Waals surface area contributed by atoms with Crippen LogP contribution >= 0.6 is 0 Å². The topological polar surface area (TPSA) is 9.23 Å². The first kappa shape index (κ1) is 15.4. The van der Waals surface area contributed by atoms with Crippen LogP contribution in [0.3, 0.4) is 0 Å². The largest absolute Gasteiger partial charge is 0.414 e. The lowest BCUT2D eigenvalue weighted by molar-refractivity contribution is 0.142. The summed E-state index contributed by atoms with van der Waals surface area (Å²) in [5.41, 5.74) is -0.0629. The van der Waals surface area contributed by atoms with Crippen molar-refractivity contribution in [2.45, 2.75) is 26.4 Å². The molecule has 4 rings (SSSR count). The van der Waals surface area contributed by atoms with Gasteiger partial charge in [-0.25, -0.2) is 0 Å². The van der Waals surface area contributed by atoms with Gasteiger partial charge in [-0.1, -0.05) is 66.7 Å². The fourth-order valence-corrected chi connectivity index (χ4v) is 4.45. The SMILES string of the molecule is CC(C)(C)O[SiH2]c1ccc2c3ccccc3c3ccccc3c2c1. The summed E-state index contributed by atoms with van der Waals surface area (Å²) in [4.78, 5) is 0. The van der Waals surface area contributed by atoms with Gasteiger partial charge < -0.3 is 4.43 Å². The molecule has 0 amide bonds. The van der Waals surface area contributed by atoms with Gasteiger partial charge in [0.2, 0.25) is 0 Å². The summed E-state index contributed by atoms with van der Waals surface area (Å²) < 4.78 is 6.10. The third-order valence-corrected chi connectivity index (χ3v) is 6.26. The van der Waals surface area contributed by atoms with E-state index in [0.29, 0.717) is 0 Å². The molecule has 4 aromatic rings. The molecule has 0 atom stereocenters. The molecule has 0 aromatic heterocycles. The Balaban J connectivity index is 1.99. The summed E-state index contributed by atoms with van der Waals surface area (Å²) in [7, 11) is -0.722. The quantitative estimate of drug-likeness (QED) is 0.383. The first-order valence-electron chi connectivity index (χ1n) is 8.49. The molecule has 2 heteroatoms. The molecule has 0 unspecified atom stereocenters. The van der Waals surface area contributed by atoms with Gasteiger partial charge in [0.05, 0.1) is 0 Å². The van der Waals surface area contributed by atoms with E-state index in [4.69, 9.17) is 4.43 Å². The highest BCUT2D eigenvalue weighted by atomic mass is 28.2. The van der Waals surface area contributed by atoms with E-state index >= 15 is 0 Å². The maximum Gasteiger partial charge on any atom is 0.192 e. The van der Waals surface area contributed by atoms with Gasteiger partial charge in [0.15, 0.2) is 9.76 Å². The lowest BCUT2D eigenvalue weighted by atomic mass is 9.94. The number of hydrogen-bond acceptors (Lipinski definition) is 1. The molecule has 0 saturated carbocycles. The van der Waals surface area contributed by atoms with Crippen LogP contribution in [0.5, 0.6) is 0 Å². The van der Waals surface area contributed by atoms with Crippen molar-refractivity contribution in [1.82, 2.24) is 0 Å². The molecular weight excluding hydrogens is 308 g/mol. The van der Waals surface area contributed by atoms with E-state index < -0.39 is 9.76 Å². The molecule has 0 heterocycles. The predicted molar refractivity (Wildman–Crippen MR) is 108 cm³/mol. The minimum Gasteiger partial charge on any atom is -0.414 e. The van der Waals surface area contributed by atoms with E-state index in [1.165, 1.54) is 37.5 Å². The molecule has 0 aliphatic rings. The van der Waals surface area contributed by atoms with Gasteiger partial charge in [0.25, 0.3) is 0 Å². The predicted octanol–water partition coefficient (Wildman–Crippen LogP) is 4.67. The van der Waals surface area contributed by atoms with Crippen molar-refractivity contribution < 1.29 is 4.43 Å². The molecule has 4 aromatic carbocycles. The summed E-state index contributed by atoms with van der Waals surface area (Å²) in [6.07, 6.45) is 0. The van der Waals surface area contributed by atoms with E-state index in [9.17, 15) is 0 Å². The number of benzene rings is 4. The van der Waals surface area contributed by atoms with Gasteiger partial charge in [0.1, 0.15) is 0 Å². The van der Waals surface area contributed by atoms with E-state index in [1.807, 2.05) is 0 Å². The van der Waals surface area contributed by atoms with E-state index in [2.05, 4.69) is 87.5 Å². The van der Waals surface area contributed by atoms with Crippen LogP contribution in [-0.2, 0) is 4.43 Å². The second-order valence-corrected chi connectivity index (χ2v) is 8.77. The standard InChI is InChI=1S/C22H22OSi/c1-22(2,3)23-24-15-12-13-20-18-10-5-4-8-16(18)17-9-6-7-11-19(17)21(20)14-15/h4-14H,24H2,1-3H3. The Morgan fingerprint density at radius 2 is 1.08 bits per heavy atom. The Hall–Kier alpha value is -2.16. The minimum atomic E-state index is -0.722. The Morgan fingerprint density at radius 3 is 1.58 bits per heavy atom. The monoisotopic (exact) mass is 330 g/mol. The number of rotatable bonds is 2. The highest BCUT2D eigenvalue weighted by Gasteiger charge is 2.12. The lowest BCUT2D eigenvalue weighted by Gasteiger charge is -2.20. The first-order valence-corrected chi connectivity index (χ1v) is 9.77. The van der Waals surface area contributed by atoms with Crippen LogP contribution in [0.25, 0.3) is 32.3 Å². The fraction of sp³-hybridized carbons (Fsp3) is 0.182. The zero-order chi connectivity index (χ0) is 16.7. The molecule has 0 bridgehead atoms. The van der Waals surface area contributed by atoms with Crippen molar-refractivity contribution in [2.75, 3.05) is 0 Å². The minimum absolute atomic E-state index is 0.0629. The second kappa shape index (κ2) is 5.73. The summed E-state index contributed by atoms with van der Waals surface area (Å²) in [5, 5.41) is 9.35. The molecule has 0 spiro atoms. The summed E-state index contributed by atoms with van der Waals surface area (Å²) in [6, 6.07) is 24.3. The van der Waals surface area contributed by atoms with Crippen molar-refractivity contribution in [3.8, 4) is 0 Å². The molecule has 0 aliphatic heterocycles. The number of hydrogen-bond donors (Lipinski definition) is 0. The van der Waals surface area contributed by atoms with E-state index in [-0.39, 0.29) is 5.60 Å². The van der Waals surface area contributed by atoms with Gasteiger partial charge in [-0.05, 0) is 58.3 Å². The Kier molecular flexibility index (Phi) is 3.67. The second-order valence-electron chi connectivity index (χ2n) is 7.37. The molecule has 0 radical (unpaired) electrons. The smallest absolute Gasteiger partial charge is 0.192 e. The van der Waals surface area contributed by atoms with Crippen molar-refractivity contribution in [3.05, 3.63) is 66.7 Å². The van der Waals surface area contributed by atoms with Crippen LogP contribution in [0.15, 0.2) is 66.7 Å². The van der Waals surface area contributed by atoms with Crippen LogP contribution in [-0.4, -0.2) is 15.4 Å². The van der Waals surface area contributed by atoms with Crippen molar-refractivity contribution >= 4 is 47.3 Å². The van der Waals surface area contributed by atoms with Crippen LogP contribution in [0.4, 0.5) is 0 Å². The highest BCUT2D eigenvalue weighted by molar-refractivity contribution is 6.48. The summed E-state index contributed by atoms with van der Waals surface area (Å²) in [6.45, 7) is 6.39. The molecule has 120 valence electrons. The maximum atomic E-state index is 6.10. The molecule has 24 heavy (non-hydrogen) atoms. The third-order valence-electron chi connectivity index (χ3n) is 4.48. The molecule has 0 fully saturated rings. The van der Waals surface area contributed by atoms with Crippen molar-refractivity contribution in [1.29, 1.82) is 0 Å². The fourth-order valence-electron chi connectivity index (χ4n) is 3.34. The molecular formula is C22H22OSi. The van der Waals surface area contributed by atoms with Gasteiger partial charge in [-0.3, -0.25) is 0 Å². The third kappa shape index (κ3) is 2.72. The Labute approximate surface area is 145 Å². The Morgan fingerprint density at radius 1 is 0.625 bits per heavy atom. The van der Waals surface area contributed by atoms with Crippen molar-refractivity contribution in [3.63, 3.8) is 0 Å². The van der Waals surface area contributed by atoms with Crippen LogP contribution in [0.2, 0.25) is 0 Å². The van der Waals surface area contributed by atoms with Gasteiger partial charge >= 0.3 is 0 Å². The normalized spacial score (nSPS) is 12.8. The zero-order valence-electron chi connectivity index (χ0n) is 14.5. The number of fused-ring (bicyclic) bond motifs is 6.